The van der Waals surface area contributed by atoms with Crippen LogP contribution in [0.15, 0.2) is 30.7 Å². The summed E-state index contributed by atoms with van der Waals surface area (Å²) in [6.45, 7) is 4.75. The van der Waals surface area contributed by atoms with E-state index >= 15 is 0 Å². The molecule has 0 radical (unpaired) electrons. The van der Waals surface area contributed by atoms with Gasteiger partial charge >= 0.3 is 0 Å². The van der Waals surface area contributed by atoms with Crippen LogP contribution in [-0.4, -0.2) is 33.7 Å². The van der Waals surface area contributed by atoms with Crippen molar-refractivity contribution in [2.24, 2.45) is 0 Å². The molecule has 2 heterocycles. The molecule has 4 heteroatoms. The standard InChI is InChI=1S/C13H17N3O/c1-2-15(6-3-9-17)11-12-4-7-16-8-5-14-13(16)10-12/h4-5,7-10H,2-3,6,11H2,1H3. The number of carbonyl (C=O) groups is 1. The number of hydrogen-bond donors (Lipinski definition) is 0. The molecule has 0 N–H and O–H groups in total. The van der Waals surface area contributed by atoms with Crippen LogP contribution in [0.5, 0.6) is 0 Å². The van der Waals surface area contributed by atoms with Gasteiger partial charge in [0.05, 0.1) is 0 Å². The monoisotopic (exact) mass is 231 g/mol. The molecule has 0 aromatic carbocycles. The van der Waals surface area contributed by atoms with Gasteiger partial charge in [-0.2, -0.15) is 0 Å². The Kier molecular flexibility index (Phi) is 3.88. The molecule has 90 valence electrons. The molecule has 0 saturated carbocycles. The van der Waals surface area contributed by atoms with E-state index in [-0.39, 0.29) is 0 Å². The number of carbonyl (C=O) groups excluding carboxylic acids is 1. The smallest absolute Gasteiger partial charge is 0.136 e. The third kappa shape index (κ3) is 2.91. The van der Waals surface area contributed by atoms with Crippen molar-refractivity contribution in [2.45, 2.75) is 19.9 Å². The molecule has 0 fully saturated rings. The van der Waals surface area contributed by atoms with Crippen molar-refractivity contribution in [3.8, 4) is 0 Å². The zero-order valence-electron chi connectivity index (χ0n) is 10.0. The summed E-state index contributed by atoms with van der Waals surface area (Å²) >= 11 is 0. The summed E-state index contributed by atoms with van der Waals surface area (Å²) in [5.41, 5.74) is 2.20. The molecular formula is C13H17N3O. The van der Waals surface area contributed by atoms with Crippen LogP contribution in [0.2, 0.25) is 0 Å². The third-order valence-corrected chi connectivity index (χ3v) is 2.88. The van der Waals surface area contributed by atoms with Crippen molar-refractivity contribution < 1.29 is 4.79 Å². The van der Waals surface area contributed by atoms with E-state index in [0.29, 0.717) is 6.42 Å². The van der Waals surface area contributed by atoms with Crippen LogP contribution in [0.3, 0.4) is 0 Å². The molecule has 2 aromatic rings. The van der Waals surface area contributed by atoms with Crippen LogP contribution in [0.1, 0.15) is 18.9 Å². The maximum atomic E-state index is 10.4. The van der Waals surface area contributed by atoms with E-state index in [2.05, 4.69) is 28.9 Å². The summed E-state index contributed by atoms with van der Waals surface area (Å²) in [7, 11) is 0. The molecule has 0 saturated heterocycles. The first-order valence-corrected chi connectivity index (χ1v) is 5.91. The van der Waals surface area contributed by atoms with Gasteiger partial charge in [-0.3, -0.25) is 4.90 Å². The van der Waals surface area contributed by atoms with E-state index in [1.165, 1.54) is 5.56 Å². The highest BCUT2D eigenvalue weighted by molar-refractivity contribution is 5.49. The van der Waals surface area contributed by atoms with Crippen LogP contribution in [0.4, 0.5) is 0 Å². The molecule has 2 aromatic heterocycles. The largest absolute Gasteiger partial charge is 0.307 e. The lowest BCUT2D eigenvalue weighted by Gasteiger charge is -2.19. The number of fused-ring (bicyclic) bond motifs is 1. The van der Waals surface area contributed by atoms with Gasteiger partial charge in [0.1, 0.15) is 11.9 Å². The molecular weight excluding hydrogens is 214 g/mol. The summed E-state index contributed by atoms with van der Waals surface area (Å²) in [4.78, 5) is 16.9. The Labute approximate surface area is 101 Å². The van der Waals surface area contributed by atoms with Crippen molar-refractivity contribution in [1.82, 2.24) is 14.3 Å². The fourth-order valence-electron chi connectivity index (χ4n) is 1.89. The molecule has 2 rings (SSSR count). The molecule has 0 bridgehead atoms. The van der Waals surface area contributed by atoms with Gasteiger partial charge in [-0.1, -0.05) is 6.92 Å². The maximum absolute atomic E-state index is 10.4. The lowest BCUT2D eigenvalue weighted by Crippen LogP contribution is -2.24. The summed E-state index contributed by atoms with van der Waals surface area (Å²) in [5, 5.41) is 0. The van der Waals surface area contributed by atoms with Gasteiger partial charge in [-0.05, 0) is 24.2 Å². The zero-order chi connectivity index (χ0) is 12.1. The Morgan fingerprint density at radius 1 is 1.47 bits per heavy atom. The van der Waals surface area contributed by atoms with Gasteiger partial charge in [-0.15, -0.1) is 0 Å². The van der Waals surface area contributed by atoms with Gasteiger partial charge in [0, 0.05) is 38.1 Å². The van der Waals surface area contributed by atoms with Crippen molar-refractivity contribution in [1.29, 1.82) is 0 Å². The number of pyridine rings is 1. The van der Waals surface area contributed by atoms with Crippen LogP contribution in [0, 0.1) is 0 Å². The molecule has 0 aliphatic carbocycles. The van der Waals surface area contributed by atoms with Gasteiger partial charge < -0.3 is 9.20 Å². The van der Waals surface area contributed by atoms with Crippen molar-refractivity contribution >= 4 is 11.9 Å². The number of aromatic nitrogens is 2. The van der Waals surface area contributed by atoms with E-state index in [0.717, 1.165) is 31.6 Å². The Bertz CT molecular complexity index is 492. The minimum atomic E-state index is 0.597. The Hall–Kier alpha value is -1.68. The van der Waals surface area contributed by atoms with E-state index in [1.807, 2.05) is 16.8 Å². The van der Waals surface area contributed by atoms with Crippen LogP contribution >= 0.6 is 0 Å². The maximum Gasteiger partial charge on any atom is 0.136 e. The quantitative estimate of drug-likeness (QED) is 0.711. The van der Waals surface area contributed by atoms with Gasteiger partial charge in [-0.25, -0.2) is 4.98 Å². The first-order valence-electron chi connectivity index (χ1n) is 5.91. The molecule has 0 spiro atoms. The minimum Gasteiger partial charge on any atom is -0.307 e. The van der Waals surface area contributed by atoms with Crippen molar-refractivity contribution in [2.75, 3.05) is 13.1 Å². The minimum absolute atomic E-state index is 0.597. The fraction of sp³-hybridized carbons (Fsp3) is 0.385. The predicted octanol–water partition coefficient (Wildman–Crippen LogP) is 1.75. The number of nitrogens with zero attached hydrogens (tertiary/aromatic N) is 3. The average molecular weight is 231 g/mol. The molecule has 4 nitrogen and oxygen atoms in total. The lowest BCUT2D eigenvalue weighted by molar-refractivity contribution is -0.108. The molecule has 17 heavy (non-hydrogen) atoms. The number of rotatable bonds is 6. The van der Waals surface area contributed by atoms with Crippen molar-refractivity contribution in [3.05, 3.63) is 36.3 Å². The first-order chi connectivity index (χ1) is 8.33. The molecule has 0 aliphatic heterocycles. The Morgan fingerprint density at radius 2 is 2.35 bits per heavy atom. The lowest BCUT2D eigenvalue weighted by atomic mass is 10.2. The molecule has 0 unspecified atom stereocenters. The summed E-state index contributed by atoms with van der Waals surface area (Å²) in [6.07, 6.45) is 7.32. The number of aldehydes is 1. The Balaban J connectivity index is 2.07. The van der Waals surface area contributed by atoms with Crippen LogP contribution < -0.4 is 0 Å². The highest BCUT2D eigenvalue weighted by Gasteiger charge is 2.04. The fourth-order valence-corrected chi connectivity index (χ4v) is 1.89. The van der Waals surface area contributed by atoms with Crippen molar-refractivity contribution in [3.63, 3.8) is 0 Å². The summed E-state index contributed by atoms with van der Waals surface area (Å²) in [5.74, 6) is 0. The number of imidazole rings is 1. The average Bonchev–Trinajstić information content (AvgIpc) is 2.81. The van der Waals surface area contributed by atoms with E-state index < -0.39 is 0 Å². The highest BCUT2D eigenvalue weighted by atomic mass is 16.1. The predicted molar refractivity (Wildman–Crippen MR) is 66.8 cm³/mol. The third-order valence-electron chi connectivity index (χ3n) is 2.88. The molecule has 0 atom stereocenters. The van der Waals surface area contributed by atoms with Crippen LogP contribution in [0.25, 0.3) is 5.65 Å². The van der Waals surface area contributed by atoms with Gasteiger partial charge in [0.2, 0.25) is 0 Å². The SMILES string of the molecule is CCN(CCC=O)Cc1ccn2ccnc2c1. The second kappa shape index (κ2) is 5.59. The van der Waals surface area contributed by atoms with E-state index in [4.69, 9.17) is 0 Å². The first kappa shape index (κ1) is 11.8. The highest BCUT2D eigenvalue weighted by Crippen LogP contribution is 2.08. The zero-order valence-corrected chi connectivity index (χ0v) is 10.0. The Morgan fingerprint density at radius 3 is 3.12 bits per heavy atom. The van der Waals surface area contributed by atoms with E-state index in [1.54, 1.807) is 6.20 Å². The second-order valence-corrected chi connectivity index (χ2v) is 4.05. The molecule has 0 aliphatic rings. The van der Waals surface area contributed by atoms with Gasteiger partial charge in [0.15, 0.2) is 0 Å². The molecule has 0 amide bonds. The second-order valence-electron chi connectivity index (χ2n) is 4.05. The topological polar surface area (TPSA) is 37.6 Å². The van der Waals surface area contributed by atoms with E-state index in [9.17, 15) is 4.79 Å². The summed E-state index contributed by atoms with van der Waals surface area (Å²) in [6, 6.07) is 4.18. The van der Waals surface area contributed by atoms with Crippen LogP contribution in [-0.2, 0) is 11.3 Å². The van der Waals surface area contributed by atoms with Gasteiger partial charge in [0.25, 0.3) is 0 Å². The normalized spacial score (nSPS) is 11.2. The summed E-state index contributed by atoms with van der Waals surface area (Å²) < 4.78 is 1.99. The number of hydrogen-bond acceptors (Lipinski definition) is 3.